The molecule has 0 aromatic heterocycles. The van der Waals surface area contributed by atoms with E-state index in [-0.39, 0.29) is 5.97 Å². The molecule has 1 fully saturated rings. The van der Waals surface area contributed by atoms with Crippen LogP contribution in [0.4, 0.5) is 0 Å². The van der Waals surface area contributed by atoms with Crippen LogP contribution in [0, 0.1) is 0 Å². The average molecular weight is 200 g/mol. The van der Waals surface area contributed by atoms with Crippen molar-refractivity contribution < 1.29 is 9.53 Å². The first-order valence-electron chi connectivity index (χ1n) is 5.13. The van der Waals surface area contributed by atoms with E-state index in [4.69, 9.17) is 10.5 Å². The summed E-state index contributed by atoms with van der Waals surface area (Å²) in [5.41, 5.74) is 5.33. The molecule has 1 atom stereocenters. The van der Waals surface area contributed by atoms with Crippen LogP contribution in [0.5, 0.6) is 0 Å². The van der Waals surface area contributed by atoms with Gasteiger partial charge in [0.2, 0.25) is 0 Å². The minimum absolute atomic E-state index is 0.320. The quantitative estimate of drug-likeness (QED) is 0.667. The molecule has 4 heteroatoms. The summed E-state index contributed by atoms with van der Waals surface area (Å²) in [4.78, 5) is 13.5. The van der Waals surface area contributed by atoms with Crippen molar-refractivity contribution in [1.82, 2.24) is 4.90 Å². The van der Waals surface area contributed by atoms with Crippen molar-refractivity contribution in [3.05, 3.63) is 0 Å². The number of nitrogens with two attached hydrogens (primary N) is 1. The van der Waals surface area contributed by atoms with Gasteiger partial charge >= 0.3 is 5.97 Å². The van der Waals surface area contributed by atoms with Gasteiger partial charge in [0.25, 0.3) is 0 Å². The number of carbonyl (C=O) groups excluding carboxylic acids is 1. The van der Waals surface area contributed by atoms with Gasteiger partial charge < -0.3 is 10.5 Å². The lowest BCUT2D eigenvalue weighted by atomic mass is 10.2. The maximum Gasteiger partial charge on any atom is 0.338 e. The number of rotatable bonds is 2. The summed E-state index contributed by atoms with van der Waals surface area (Å²) >= 11 is 0. The van der Waals surface area contributed by atoms with E-state index in [2.05, 4.69) is 0 Å². The number of hydrogen-bond donors (Lipinski definition) is 1. The lowest BCUT2D eigenvalue weighted by Gasteiger charge is -2.26. The molecule has 0 aromatic rings. The molecule has 2 N–H and O–H groups in total. The Morgan fingerprint density at radius 3 is 2.29 bits per heavy atom. The second-order valence-electron chi connectivity index (χ2n) is 4.72. The summed E-state index contributed by atoms with van der Waals surface area (Å²) < 4.78 is 5.21. The number of likely N-dealkylation sites (tertiary alicyclic amines) is 1. The first kappa shape index (κ1) is 11.5. The number of nitrogens with zero attached hydrogens (tertiary/aromatic N) is 1. The molecule has 0 aromatic carbocycles. The average Bonchev–Trinajstić information content (AvgIpc) is 2.51. The fourth-order valence-electron chi connectivity index (χ4n) is 1.53. The monoisotopic (exact) mass is 200 g/mol. The number of carbonyl (C=O) groups is 1. The van der Waals surface area contributed by atoms with Gasteiger partial charge in [-0.25, -0.2) is 4.79 Å². The first-order chi connectivity index (χ1) is 6.40. The smallest absolute Gasteiger partial charge is 0.338 e. The van der Waals surface area contributed by atoms with E-state index < -0.39 is 11.8 Å². The summed E-state index contributed by atoms with van der Waals surface area (Å²) in [7, 11) is 0. The van der Waals surface area contributed by atoms with Crippen molar-refractivity contribution in [1.29, 1.82) is 0 Å². The maximum absolute atomic E-state index is 11.6. The molecular weight excluding hydrogens is 180 g/mol. The fraction of sp³-hybridized carbons (Fsp3) is 0.900. The molecule has 0 spiro atoms. The van der Waals surface area contributed by atoms with Crippen LogP contribution in [0.3, 0.4) is 0 Å². The summed E-state index contributed by atoms with van der Waals surface area (Å²) in [6.45, 7) is 7.35. The van der Waals surface area contributed by atoms with E-state index in [0.717, 1.165) is 25.9 Å². The molecule has 1 rings (SSSR count). The van der Waals surface area contributed by atoms with Crippen LogP contribution in [0.25, 0.3) is 0 Å². The topological polar surface area (TPSA) is 55.6 Å². The Morgan fingerprint density at radius 1 is 1.36 bits per heavy atom. The van der Waals surface area contributed by atoms with Crippen LogP contribution >= 0.6 is 0 Å². The Balaban J connectivity index is 2.43. The molecule has 1 aliphatic rings. The van der Waals surface area contributed by atoms with Crippen molar-refractivity contribution in [2.75, 3.05) is 13.1 Å². The first-order valence-corrected chi connectivity index (χ1v) is 5.13. The van der Waals surface area contributed by atoms with Gasteiger partial charge in [-0.15, -0.1) is 0 Å². The zero-order chi connectivity index (χ0) is 10.8. The van der Waals surface area contributed by atoms with Crippen molar-refractivity contribution >= 4 is 5.97 Å². The van der Waals surface area contributed by atoms with Gasteiger partial charge in [0.05, 0.1) is 0 Å². The standard InChI is InChI=1S/C10H20N2O2/c1-10(2,3)14-9(13)8(11)12-6-4-5-7-12/h8H,4-7,11H2,1-3H3. The number of hydrogen-bond acceptors (Lipinski definition) is 4. The molecule has 4 nitrogen and oxygen atoms in total. The molecule has 0 aliphatic carbocycles. The van der Waals surface area contributed by atoms with Gasteiger partial charge in [0.1, 0.15) is 5.60 Å². The van der Waals surface area contributed by atoms with Crippen molar-refractivity contribution in [2.24, 2.45) is 5.73 Å². The lowest BCUT2D eigenvalue weighted by Crippen LogP contribution is -2.48. The zero-order valence-corrected chi connectivity index (χ0v) is 9.25. The van der Waals surface area contributed by atoms with E-state index in [9.17, 15) is 4.79 Å². The molecule has 0 amide bonds. The largest absolute Gasteiger partial charge is 0.458 e. The van der Waals surface area contributed by atoms with Crippen LogP contribution in [0.2, 0.25) is 0 Å². The minimum Gasteiger partial charge on any atom is -0.458 e. The zero-order valence-electron chi connectivity index (χ0n) is 9.25. The third kappa shape index (κ3) is 3.27. The van der Waals surface area contributed by atoms with Crippen LogP contribution < -0.4 is 5.73 Å². The highest BCUT2D eigenvalue weighted by Crippen LogP contribution is 2.13. The highest BCUT2D eigenvalue weighted by Gasteiger charge is 2.28. The van der Waals surface area contributed by atoms with Crippen molar-refractivity contribution in [2.45, 2.75) is 45.4 Å². The van der Waals surface area contributed by atoms with Crippen molar-refractivity contribution in [3.63, 3.8) is 0 Å². The Hall–Kier alpha value is -0.610. The fourth-order valence-corrected chi connectivity index (χ4v) is 1.53. The molecule has 1 unspecified atom stereocenters. The normalized spacial score (nSPS) is 20.9. The molecule has 0 radical (unpaired) electrons. The summed E-state index contributed by atoms with van der Waals surface area (Å²) in [5, 5.41) is 0. The van der Waals surface area contributed by atoms with Gasteiger partial charge in [0.15, 0.2) is 6.17 Å². The minimum atomic E-state index is -0.586. The summed E-state index contributed by atoms with van der Waals surface area (Å²) in [6, 6.07) is 0. The Kier molecular flexibility index (Phi) is 3.50. The Labute approximate surface area is 85.4 Å². The molecule has 14 heavy (non-hydrogen) atoms. The van der Waals surface area contributed by atoms with Gasteiger partial charge in [-0.05, 0) is 33.6 Å². The third-order valence-electron chi connectivity index (χ3n) is 2.18. The maximum atomic E-state index is 11.6. The van der Waals surface area contributed by atoms with E-state index in [1.165, 1.54) is 0 Å². The molecule has 1 saturated heterocycles. The molecule has 1 heterocycles. The van der Waals surface area contributed by atoms with E-state index in [1.54, 1.807) is 0 Å². The molecule has 1 aliphatic heterocycles. The van der Waals surface area contributed by atoms with Gasteiger partial charge in [-0.1, -0.05) is 0 Å². The predicted molar refractivity (Wildman–Crippen MR) is 54.6 cm³/mol. The van der Waals surface area contributed by atoms with Crippen LogP contribution in [0.1, 0.15) is 33.6 Å². The summed E-state index contributed by atoms with van der Waals surface area (Å²) in [5.74, 6) is -0.320. The second kappa shape index (κ2) is 4.28. The van der Waals surface area contributed by atoms with Crippen LogP contribution in [-0.4, -0.2) is 35.7 Å². The van der Waals surface area contributed by atoms with Crippen molar-refractivity contribution in [3.8, 4) is 0 Å². The summed E-state index contributed by atoms with van der Waals surface area (Å²) in [6.07, 6.45) is 1.66. The highest BCUT2D eigenvalue weighted by molar-refractivity contribution is 5.75. The lowest BCUT2D eigenvalue weighted by molar-refractivity contribution is -0.160. The second-order valence-corrected chi connectivity index (χ2v) is 4.72. The van der Waals surface area contributed by atoms with Crippen LogP contribution in [0.15, 0.2) is 0 Å². The Bertz CT molecular complexity index is 205. The third-order valence-corrected chi connectivity index (χ3v) is 2.18. The predicted octanol–water partition coefficient (Wildman–Crippen LogP) is 0.709. The SMILES string of the molecule is CC(C)(C)OC(=O)C(N)N1CCCC1. The van der Waals surface area contributed by atoms with Crippen LogP contribution in [-0.2, 0) is 9.53 Å². The molecule has 0 bridgehead atoms. The molecule has 0 saturated carbocycles. The highest BCUT2D eigenvalue weighted by atomic mass is 16.6. The van der Waals surface area contributed by atoms with E-state index >= 15 is 0 Å². The molecule has 82 valence electrons. The van der Waals surface area contributed by atoms with E-state index in [1.807, 2.05) is 25.7 Å². The van der Waals surface area contributed by atoms with E-state index in [0.29, 0.717) is 0 Å². The van der Waals surface area contributed by atoms with Gasteiger partial charge in [-0.3, -0.25) is 4.90 Å². The Morgan fingerprint density at radius 2 is 1.86 bits per heavy atom. The number of esters is 1. The number of ether oxygens (including phenoxy) is 1. The van der Waals surface area contributed by atoms with Gasteiger partial charge in [0, 0.05) is 13.1 Å². The van der Waals surface area contributed by atoms with Gasteiger partial charge in [-0.2, -0.15) is 0 Å². The molecular formula is C10H20N2O2.